The lowest BCUT2D eigenvalue weighted by Crippen LogP contribution is -2.36. The molecule has 0 aliphatic rings. The molecule has 0 radical (unpaired) electrons. The van der Waals surface area contributed by atoms with Crippen molar-refractivity contribution in [3.05, 3.63) is 51.9 Å². The van der Waals surface area contributed by atoms with Gasteiger partial charge in [-0.3, -0.25) is 4.79 Å². The molecule has 0 spiro atoms. The van der Waals surface area contributed by atoms with E-state index in [1.54, 1.807) is 7.11 Å². The Balaban J connectivity index is 1.17. The number of ether oxygens (including phenoxy) is 11. The lowest BCUT2D eigenvalue weighted by atomic mass is 10.1. The van der Waals surface area contributed by atoms with Crippen molar-refractivity contribution >= 4 is 22.8 Å². The summed E-state index contributed by atoms with van der Waals surface area (Å²) in [5.41, 5.74) is -2.33. The van der Waals surface area contributed by atoms with E-state index in [1.807, 2.05) is 0 Å². The van der Waals surface area contributed by atoms with Gasteiger partial charge in [-0.25, -0.2) is 14.0 Å². The number of aromatic nitrogens is 1. The third-order valence-electron chi connectivity index (χ3n) is 9.21. The lowest BCUT2D eigenvalue weighted by molar-refractivity contribution is -0.145. The summed E-state index contributed by atoms with van der Waals surface area (Å²) < 4.78 is 93.6. The first-order chi connectivity index (χ1) is 32.6. The second kappa shape index (κ2) is 35.6. The van der Waals surface area contributed by atoms with Gasteiger partial charge in [-0.2, -0.15) is 4.39 Å². The number of nitrogens with zero attached hydrogens (tertiary/aromatic N) is 2. The topological polar surface area (TPSA) is 244 Å². The van der Waals surface area contributed by atoms with Crippen LogP contribution in [0.1, 0.15) is 42.5 Å². The highest BCUT2D eigenvalue weighted by Crippen LogP contribution is 2.28. The number of unbranched alkanes of at least 4 members (excludes halogenated alkanes) is 2. The molecular weight excluding hydrogens is 898 g/mol. The average Bonchev–Trinajstić information content (AvgIpc) is 3.63. The van der Waals surface area contributed by atoms with E-state index in [2.05, 4.69) is 0 Å². The Morgan fingerprint density at radius 2 is 1.00 bits per heavy atom. The average molecular weight is 965 g/mol. The second-order valence-electron chi connectivity index (χ2n) is 14.3. The smallest absolute Gasteiger partial charge is 0.349 e. The third kappa shape index (κ3) is 23.9. The fourth-order valence-electron chi connectivity index (χ4n) is 5.79. The van der Waals surface area contributed by atoms with E-state index in [4.69, 9.17) is 61.4 Å². The standard InChI is InChI=1S/C44H66F2N2O19/c1-55-12-13-57-16-17-59-20-21-61-24-25-63-28-29-65-31-30-64-27-26-62-23-22-60-19-18-58-15-14-56-11-5-10-47(9-4-2-3-6-39(51)67-48-37(49)7-8-38(48)50)43(53)35-32-34-33-36(45)41(52)40(46)42(34)66-44(35)54/h7-8,32-33,49-50,52H,2-6,9-31H2,1H3. The minimum absolute atomic E-state index is 0.0587. The van der Waals surface area contributed by atoms with E-state index in [0.29, 0.717) is 156 Å². The molecule has 0 atom stereocenters. The number of hydrogen-bond donors (Lipinski definition) is 3. The van der Waals surface area contributed by atoms with Crippen LogP contribution in [0, 0.1) is 11.6 Å². The Bertz CT molecular complexity index is 1850. The number of amides is 1. The van der Waals surface area contributed by atoms with Gasteiger partial charge < -0.3 is 81.6 Å². The summed E-state index contributed by atoms with van der Waals surface area (Å²) in [5.74, 6) is -6.44. The fourth-order valence-corrected chi connectivity index (χ4v) is 5.79. The molecule has 3 aromatic rings. The molecule has 21 nitrogen and oxygen atoms in total. The minimum Gasteiger partial charge on any atom is -0.503 e. The quantitative estimate of drug-likeness (QED) is 0.0546. The molecule has 380 valence electrons. The van der Waals surface area contributed by atoms with Gasteiger partial charge in [-0.05, 0) is 31.4 Å². The van der Waals surface area contributed by atoms with Crippen molar-refractivity contribution in [3.8, 4) is 17.5 Å². The minimum atomic E-state index is -1.47. The lowest BCUT2D eigenvalue weighted by Gasteiger charge is -2.22. The van der Waals surface area contributed by atoms with Gasteiger partial charge in [-0.15, -0.1) is 4.73 Å². The largest absolute Gasteiger partial charge is 0.503 e. The van der Waals surface area contributed by atoms with E-state index in [9.17, 15) is 38.5 Å². The molecule has 0 saturated heterocycles. The number of phenolic OH excluding ortho intramolecular Hbond substituents is 1. The molecule has 0 aliphatic carbocycles. The number of aromatic hydroxyl groups is 3. The Hall–Kier alpha value is -4.53. The number of hydrogen-bond acceptors (Lipinski definition) is 19. The molecule has 0 saturated carbocycles. The molecule has 0 unspecified atom stereocenters. The van der Waals surface area contributed by atoms with Gasteiger partial charge in [0.05, 0.1) is 132 Å². The maximum Gasteiger partial charge on any atom is 0.349 e. The van der Waals surface area contributed by atoms with E-state index in [1.165, 1.54) is 4.90 Å². The van der Waals surface area contributed by atoms with Gasteiger partial charge in [0.2, 0.25) is 17.6 Å². The monoisotopic (exact) mass is 964 g/mol. The molecule has 3 N–H and O–H groups in total. The zero-order valence-corrected chi connectivity index (χ0v) is 38.1. The van der Waals surface area contributed by atoms with Crippen LogP contribution < -0.4 is 10.5 Å². The number of rotatable bonds is 42. The predicted molar refractivity (Wildman–Crippen MR) is 232 cm³/mol. The number of fused-ring (bicyclic) bond motifs is 1. The molecular formula is C44H66F2N2O19. The maximum atomic E-state index is 14.4. The Labute approximate surface area is 387 Å². The molecule has 67 heavy (non-hydrogen) atoms. The van der Waals surface area contributed by atoms with Crippen LogP contribution in [0.4, 0.5) is 8.78 Å². The van der Waals surface area contributed by atoms with Crippen LogP contribution in [0.25, 0.3) is 11.0 Å². The first-order valence-electron chi connectivity index (χ1n) is 22.1. The summed E-state index contributed by atoms with van der Waals surface area (Å²) in [6, 6.07) is 4.07. The number of halogens is 2. The van der Waals surface area contributed by atoms with Gasteiger partial charge in [0.15, 0.2) is 17.1 Å². The summed E-state index contributed by atoms with van der Waals surface area (Å²) in [6.45, 7) is 9.32. The van der Waals surface area contributed by atoms with E-state index >= 15 is 0 Å². The second-order valence-corrected chi connectivity index (χ2v) is 14.3. The van der Waals surface area contributed by atoms with Crippen LogP contribution in [0.15, 0.2) is 33.5 Å². The van der Waals surface area contributed by atoms with Crippen molar-refractivity contribution < 1.29 is 95.0 Å². The van der Waals surface area contributed by atoms with Crippen LogP contribution in [0.5, 0.6) is 17.5 Å². The highest BCUT2D eigenvalue weighted by molar-refractivity contribution is 5.97. The highest BCUT2D eigenvalue weighted by atomic mass is 19.1. The van der Waals surface area contributed by atoms with Gasteiger partial charge in [0.25, 0.3) is 5.91 Å². The van der Waals surface area contributed by atoms with Crippen molar-refractivity contribution in [1.82, 2.24) is 9.63 Å². The SMILES string of the molecule is COCCOCCOCCOCCOCCOCCOCCOCCOCCOCCOCCCN(CCCCCC(=O)On1c(O)ccc1O)C(=O)c1cc2cc(F)c(O)c(F)c2oc1=O. The molecule has 2 aromatic heterocycles. The van der Waals surface area contributed by atoms with Crippen LogP contribution >= 0.6 is 0 Å². The normalized spacial score (nSPS) is 11.5. The molecule has 1 aromatic carbocycles. The van der Waals surface area contributed by atoms with Crippen LogP contribution in [-0.2, 0) is 56.9 Å². The highest BCUT2D eigenvalue weighted by Gasteiger charge is 2.23. The number of carbonyl (C=O) groups excluding carboxylic acids is 2. The molecule has 0 fully saturated rings. The number of carbonyl (C=O) groups is 2. The third-order valence-corrected chi connectivity index (χ3v) is 9.21. The zero-order valence-electron chi connectivity index (χ0n) is 38.1. The van der Waals surface area contributed by atoms with E-state index < -0.39 is 57.8 Å². The van der Waals surface area contributed by atoms with Crippen molar-refractivity contribution in [1.29, 1.82) is 0 Å². The summed E-state index contributed by atoms with van der Waals surface area (Å²) in [5, 5.41) is 28.7. The fraction of sp³-hybridized carbons (Fsp3) is 0.659. The maximum absolute atomic E-state index is 14.4. The van der Waals surface area contributed by atoms with Gasteiger partial charge in [0.1, 0.15) is 5.56 Å². The molecule has 2 heterocycles. The molecule has 3 rings (SSSR count). The van der Waals surface area contributed by atoms with Gasteiger partial charge in [-0.1, -0.05) is 6.42 Å². The van der Waals surface area contributed by atoms with Crippen molar-refractivity contribution in [2.24, 2.45) is 0 Å². The molecule has 0 bridgehead atoms. The zero-order chi connectivity index (χ0) is 48.3. The van der Waals surface area contributed by atoms with Crippen LogP contribution in [0.2, 0.25) is 0 Å². The summed E-state index contributed by atoms with van der Waals surface area (Å²) >= 11 is 0. The van der Waals surface area contributed by atoms with E-state index in [-0.39, 0.29) is 38.1 Å². The Morgan fingerprint density at radius 1 is 0.582 bits per heavy atom. The first kappa shape index (κ1) is 56.8. The number of methoxy groups -OCH3 is 1. The Morgan fingerprint density at radius 3 is 1.45 bits per heavy atom. The molecule has 1 amide bonds. The van der Waals surface area contributed by atoms with Crippen LogP contribution in [-0.4, -0.2) is 196 Å². The summed E-state index contributed by atoms with van der Waals surface area (Å²) in [6.07, 6.45) is 1.48. The molecule has 0 aliphatic heterocycles. The van der Waals surface area contributed by atoms with Gasteiger partial charge in [0, 0.05) is 50.7 Å². The van der Waals surface area contributed by atoms with Gasteiger partial charge >= 0.3 is 11.6 Å². The van der Waals surface area contributed by atoms with Crippen LogP contribution in [0.3, 0.4) is 0 Å². The summed E-state index contributed by atoms with van der Waals surface area (Å²) in [4.78, 5) is 44.8. The van der Waals surface area contributed by atoms with Crippen molar-refractivity contribution in [2.75, 3.05) is 159 Å². The van der Waals surface area contributed by atoms with Crippen molar-refractivity contribution in [2.45, 2.75) is 32.1 Å². The van der Waals surface area contributed by atoms with E-state index in [0.717, 1.165) is 24.3 Å². The van der Waals surface area contributed by atoms with Crippen molar-refractivity contribution in [3.63, 3.8) is 0 Å². The number of benzene rings is 1. The Kier molecular flexibility index (Phi) is 30.2. The molecule has 23 heteroatoms. The first-order valence-corrected chi connectivity index (χ1v) is 22.1. The number of phenols is 1. The summed E-state index contributed by atoms with van der Waals surface area (Å²) in [7, 11) is 1.63. The predicted octanol–water partition coefficient (Wildman–Crippen LogP) is 2.85.